The third-order valence-electron chi connectivity index (χ3n) is 4.89. The van der Waals surface area contributed by atoms with Crippen LogP contribution in [0.1, 0.15) is 31.2 Å². The summed E-state index contributed by atoms with van der Waals surface area (Å²) in [7, 11) is 0. The zero-order valence-electron chi connectivity index (χ0n) is 13.8. The van der Waals surface area contributed by atoms with Gasteiger partial charge < -0.3 is 9.64 Å². The van der Waals surface area contributed by atoms with Gasteiger partial charge in [0, 0.05) is 51.0 Å². The standard InChI is InChI=1S/C18H27N3O2/c22-18(17-3-1-4-17)21(15-16-5-7-19-8-6-16)10-2-9-20-11-13-23-14-12-20/h5-8,17H,1-4,9-15H2. The van der Waals surface area contributed by atoms with E-state index in [4.69, 9.17) is 4.74 Å². The molecular formula is C18H27N3O2. The quantitative estimate of drug-likeness (QED) is 0.771. The van der Waals surface area contributed by atoms with Gasteiger partial charge in [-0.15, -0.1) is 0 Å². The van der Waals surface area contributed by atoms with Crippen molar-refractivity contribution < 1.29 is 9.53 Å². The Morgan fingerprint density at radius 3 is 2.65 bits per heavy atom. The molecule has 0 aromatic carbocycles. The summed E-state index contributed by atoms with van der Waals surface area (Å²) in [5, 5.41) is 0. The number of ether oxygens (including phenoxy) is 1. The Morgan fingerprint density at radius 2 is 2.00 bits per heavy atom. The van der Waals surface area contributed by atoms with Gasteiger partial charge in [-0.3, -0.25) is 14.7 Å². The molecule has 3 rings (SSSR count). The van der Waals surface area contributed by atoms with E-state index in [1.54, 1.807) is 12.4 Å². The van der Waals surface area contributed by atoms with Gasteiger partial charge in [-0.05, 0) is 37.0 Å². The van der Waals surface area contributed by atoms with Gasteiger partial charge in [0.25, 0.3) is 0 Å². The topological polar surface area (TPSA) is 45.7 Å². The fraction of sp³-hybridized carbons (Fsp3) is 0.667. The first-order valence-corrected chi connectivity index (χ1v) is 8.81. The summed E-state index contributed by atoms with van der Waals surface area (Å²) in [6.45, 7) is 6.30. The van der Waals surface area contributed by atoms with E-state index in [0.717, 1.165) is 58.7 Å². The minimum atomic E-state index is 0.264. The largest absolute Gasteiger partial charge is 0.379 e. The highest BCUT2D eigenvalue weighted by atomic mass is 16.5. The first kappa shape index (κ1) is 16.4. The molecule has 1 saturated heterocycles. The number of hydrogen-bond acceptors (Lipinski definition) is 4. The van der Waals surface area contributed by atoms with E-state index in [2.05, 4.69) is 14.8 Å². The molecule has 0 radical (unpaired) electrons. The number of rotatable bonds is 7. The lowest BCUT2D eigenvalue weighted by Crippen LogP contribution is -2.41. The fourth-order valence-corrected chi connectivity index (χ4v) is 3.20. The number of nitrogens with zero attached hydrogens (tertiary/aromatic N) is 3. The van der Waals surface area contributed by atoms with Crippen LogP contribution in [0.15, 0.2) is 24.5 Å². The summed E-state index contributed by atoms with van der Waals surface area (Å²) in [4.78, 5) is 21.2. The Bertz CT molecular complexity index is 484. The van der Waals surface area contributed by atoms with Crippen LogP contribution in [0.5, 0.6) is 0 Å². The lowest BCUT2D eigenvalue weighted by atomic mass is 9.84. The summed E-state index contributed by atoms with van der Waals surface area (Å²) in [6, 6.07) is 4.01. The van der Waals surface area contributed by atoms with Gasteiger partial charge in [0.05, 0.1) is 13.2 Å². The molecule has 1 aliphatic heterocycles. The second kappa shape index (κ2) is 8.41. The number of carbonyl (C=O) groups is 1. The van der Waals surface area contributed by atoms with Crippen LogP contribution in [-0.4, -0.2) is 60.1 Å². The van der Waals surface area contributed by atoms with Crippen molar-refractivity contribution in [2.24, 2.45) is 5.92 Å². The number of pyridine rings is 1. The molecule has 1 aliphatic carbocycles. The van der Waals surface area contributed by atoms with Gasteiger partial charge in [-0.1, -0.05) is 6.42 Å². The molecule has 126 valence electrons. The first-order valence-electron chi connectivity index (χ1n) is 8.81. The molecule has 2 aliphatic rings. The van der Waals surface area contributed by atoms with Gasteiger partial charge in [0.1, 0.15) is 0 Å². The molecule has 2 heterocycles. The van der Waals surface area contributed by atoms with Crippen LogP contribution < -0.4 is 0 Å². The van der Waals surface area contributed by atoms with E-state index in [9.17, 15) is 4.79 Å². The lowest BCUT2D eigenvalue weighted by molar-refractivity contribution is -0.139. The second-order valence-corrected chi connectivity index (χ2v) is 6.55. The highest BCUT2D eigenvalue weighted by Gasteiger charge is 2.29. The maximum absolute atomic E-state index is 12.7. The van der Waals surface area contributed by atoms with Crippen molar-refractivity contribution >= 4 is 5.91 Å². The van der Waals surface area contributed by atoms with Crippen LogP contribution >= 0.6 is 0 Å². The Labute approximate surface area is 138 Å². The van der Waals surface area contributed by atoms with Crippen LogP contribution in [0.2, 0.25) is 0 Å². The van der Waals surface area contributed by atoms with Crippen molar-refractivity contribution in [2.45, 2.75) is 32.2 Å². The van der Waals surface area contributed by atoms with Gasteiger partial charge in [0.2, 0.25) is 5.91 Å². The van der Waals surface area contributed by atoms with Crippen molar-refractivity contribution in [1.29, 1.82) is 0 Å². The minimum Gasteiger partial charge on any atom is -0.379 e. The Morgan fingerprint density at radius 1 is 1.26 bits per heavy atom. The van der Waals surface area contributed by atoms with Crippen molar-refractivity contribution in [3.8, 4) is 0 Å². The van der Waals surface area contributed by atoms with Crippen LogP contribution in [0.25, 0.3) is 0 Å². The molecule has 5 nitrogen and oxygen atoms in total. The number of morpholine rings is 1. The summed E-state index contributed by atoms with van der Waals surface area (Å²) in [6.07, 6.45) is 7.96. The van der Waals surface area contributed by atoms with Gasteiger partial charge in [-0.2, -0.15) is 0 Å². The zero-order chi connectivity index (χ0) is 15.9. The normalized spacial score (nSPS) is 19.3. The van der Waals surface area contributed by atoms with E-state index in [1.165, 1.54) is 12.0 Å². The van der Waals surface area contributed by atoms with Crippen molar-refractivity contribution in [2.75, 3.05) is 39.4 Å². The minimum absolute atomic E-state index is 0.264. The summed E-state index contributed by atoms with van der Waals surface area (Å²) < 4.78 is 5.39. The Balaban J connectivity index is 1.52. The maximum atomic E-state index is 12.7. The van der Waals surface area contributed by atoms with Gasteiger partial charge >= 0.3 is 0 Å². The molecule has 23 heavy (non-hydrogen) atoms. The molecule has 1 aromatic heterocycles. The number of aromatic nitrogens is 1. The predicted molar refractivity (Wildman–Crippen MR) is 88.9 cm³/mol. The van der Waals surface area contributed by atoms with E-state index >= 15 is 0 Å². The van der Waals surface area contributed by atoms with E-state index in [-0.39, 0.29) is 5.92 Å². The molecule has 0 N–H and O–H groups in total. The molecule has 0 unspecified atom stereocenters. The van der Waals surface area contributed by atoms with Crippen LogP contribution in [-0.2, 0) is 16.1 Å². The average Bonchev–Trinajstić information content (AvgIpc) is 2.54. The Hall–Kier alpha value is -1.46. The third kappa shape index (κ3) is 4.75. The van der Waals surface area contributed by atoms with Gasteiger partial charge in [-0.25, -0.2) is 0 Å². The first-order chi connectivity index (χ1) is 11.3. The van der Waals surface area contributed by atoms with Gasteiger partial charge in [0.15, 0.2) is 0 Å². The highest BCUT2D eigenvalue weighted by Crippen LogP contribution is 2.28. The maximum Gasteiger partial charge on any atom is 0.225 e. The van der Waals surface area contributed by atoms with E-state index in [1.807, 2.05) is 12.1 Å². The average molecular weight is 317 g/mol. The smallest absolute Gasteiger partial charge is 0.225 e. The monoisotopic (exact) mass is 317 g/mol. The molecule has 5 heteroatoms. The molecule has 2 fully saturated rings. The highest BCUT2D eigenvalue weighted by molar-refractivity contribution is 5.79. The van der Waals surface area contributed by atoms with Crippen molar-refractivity contribution in [3.63, 3.8) is 0 Å². The lowest BCUT2D eigenvalue weighted by Gasteiger charge is -2.33. The molecule has 0 atom stereocenters. The SMILES string of the molecule is O=C(C1CCC1)N(CCCN1CCOCC1)Cc1ccncc1. The second-order valence-electron chi connectivity index (χ2n) is 6.55. The van der Waals surface area contributed by atoms with Crippen LogP contribution in [0.4, 0.5) is 0 Å². The van der Waals surface area contributed by atoms with Crippen molar-refractivity contribution in [1.82, 2.24) is 14.8 Å². The number of amides is 1. The Kier molecular flexibility index (Phi) is 6.00. The summed E-state index contributed by atoms with van der Waals surface area (Å²) in [5.74, 6) is 0.607. The third-order valence-corrected chi connectivity index (χ3v) is 4.89. The van der Waals surface area contributed by atoms with Crippen LogP contribution in [0, 0.1) is 5.92 Å². The summed E-state index contributed by atoms with van der Waals surface area (Å²) >= 11 is 0. The molecule has 0 bridgehead atoms. The van der Waals surface area contributed by atoms with Crippen LogP contribution in [0.3, 0.4) is 0 Å². The molecule has 0 spiro atoms. The zero-order valence-corrected chi connectivity index (χ0v) is 13.8. The number of carbonyl (C=O) groups excluding carboxylic acids is 1. The van der Waals surface area contributed by atoms with Crippen molar-refractivity contribution in [3.05, 3.63) is 30.1 Å². The fourth-order valence-electron chi connectivity index (χ4n) is 3.20. The molecule has 1 aromatic rings. The molecular weight excluding hydrogens is 290 g/mol. The molecule has 1 saturated carbocycles. The number of hydrogen-bond donors (Lipinski definition) is 0. The molecule has 1 amide bonds. The van der Waals surface area contributed by atoms with E-state index in [0.29, 0.717) is 12.5 Å². The summed E-state index contributed by atoms with van der Waals surface area (Å²) in [5.41, 5.74) is 1.17. The predicted octanol–water partition coefficient (Wildman–Crippen LogP) is 1.93. The van der Waals surface area contributed by atoms with E-state index < -0.39 is 0 Å².